The Balaban J connectivity index is 1.89. The zero-order chi connectivity index (χ0) is 23.5. The summed E-state index contributed by atoms with van der Waals surface area (Å²) in [5, 5.41) is 9.68. The van der Waals surface area contributed by atoms with Crippen molar-refractivity contribution in [2.75, 3.05) is 26.7 Å². The highest BCUT2D eigenvalue weighted by Gasteiger charge is 2.38. The van der Waals surface area contributed by atoms with E-state index in [1.807, 2.05) is 13.0 Å². The van der Waals surface area contributed by atoms with Gasteiger partial charge in [0.2, 0.25) is 15.9 Å². The molecule has 174 valence electrons. The molecular formula is C22H28BrN3O5S. The first-order chi connectivity index (χ1) is 15.1. The van der Waals surface area contributed by atoms with E-state index in [2.05, 4.69) is 20.9 Å². The van der Waals surface area contributed by atoms with Crippen LogP contribution in [-0.4, -0.2) is 72.5 Å². The molecular weight excluding hydrogens is 498 g/mol. The Bertz CT molecular complexity index is 1050. The van der Waals surface area contributed by atoms with Gasteiger partial charge in [0.25, 0.3) is 0 Å². The van der Waals surface area contributed by atoms with Crippen molar-refractivity contribution in [1.82, 2.24) is 14.2 Å². The molecule has 0 saturated carbocycles. The van der Waals surface area contributed by atoms with Gasteiger partial charge in [-0.1, -0.05) is 28.9 Å². The summed E-state index contributed by atoms with van der Waals surface area (Å²) in [6.07, 6.45) is 3.09. The van der Waals surface area contributed by atoms with Gasteiger partial charge in [-0.15, -0.1) is 0 Å². The number of sulfonamides is 1. The van der Waals surface area contributed by atoms with Crippen molar-refractivity contribution in [2.45, 2.75) is 37.3 Å². The summed E-state index contributed by atoms with van der Waals surface area (Å²) in [6.45, 7) is 3.71. The minimum absolute atomic E-state index is 0.0437. The summed E-state index contributed by atoms with van der Waals surface area (Å²) in [4.78, 5) is 18.5. The van der Waals surface area contributed by atoms with Gasteiger partial charge in [0, 0.05) is 42.4 Å². The number of hydrogen-bond acceptors (Lipinski definition) is 6. The molecule has 0 unspecified atom stereocenters. The van der Waals surface area contributed by atoms with E-state index in [4.69, 9.17) is 4.74 Å². The molecule has 1 aliphatic heterocycles. The molecule has 1 aromatic carbocycles. The maximum Gasteiger partial charge on any atom is 0.247 e. The third-order valence-electron chi connectivity index (χ3n) is 5.59. The van der Waals surface area contributed by atoms with Crippen LogP contribution < -0.4 is 4.74 Å². The molecule has 3 rings (SSSR count). The van der Waals surface area contributed by atoms with Gasteiger partial charge in [0.1, 0.15) is 16.7 Å². The van der Waals surface area contributed by atoms with Gasteiger partial charge in [0.05, 0.1) is 19.6 Å². The lowest BCUT2D eigenvalue weighted by Crippen LogP contribution is -2.50. The van der Waals surface area contributed by atoms with E-state index in [0.717, 1.165) is 5.56 Å². The number of hydrogen-bond donors (Lipinski definition) is 1. The van der Waals surface area contributed by atoms with Crippen LogP contribution in [0, 0.1) is 5.92 Å². The van der Waals surface area contributed by atoms with Gasteiger partial charge in [-0.25, -0.2) is 8.42 Å². The molecule has 2 aromatic rings. The molecule has 2 heterocycles. The third-order valence-corrected chi connectivity index (χ3v) is 8.10. The number of benzene rings is 1. The monoisotopic (exact) mass is 525 g/mol. The van der Waals surface area contributed by atoms with Crippen LogP contribution in [-0.2, 0) is 21.2 Å². The van der Waals surface area contributed by atoms with Crippen LogP contribution in [0.15, 0.2) is 52.1 Å². The largest absolute Gasteiger partial charge is 0.487 e. The number of likely N-dealkylation sites (N-methyl/N-ethyl adjacent to an activating group) is 1. The molecule has 10 heteroatoms. The van der Waals surface area contributed by atoms with Gasteiger partial charge < -0.3 is 14.7 Å². The lowest BCUT2D eigenvalue weighted by molar-refractivity contribution is -0.130. The van der Waals surface area contributed by atoms with Gasteiger partial charge in [-0.3, -0.25) is 9.78 Å². The summed E-state index contributed by atoms with van der Waals surface area (Å²) in [6, 6.07) is 7.80. The van der Waals surface area contributed by atoms with Crippen molar-refractivity contribution in [2.24, 2.45) is 5.92 Å². The number of nitrogens with zero attached hydrogens (tertiary/aromatic N) is 3. The number of rotatable bonds is 6. The number of pyridine rings is 1. The van der Waals surface area contributed by atoms with Crippen molar-refractivity contribution >= 4 is 31.9 Å². The van der Waals surface area contributed by atoms with E-state index >= 15 is 0 Å². The molecule has 0 aliphatic carbocycles. The Labute approximate surface area is 197 Å². The first kappa shape index (κ1) is 24.6. The van der Waals surface area contributed by atoms with E-state index in [1.54, 1.807) is 49.5 Å². The molecule has 0 radical (unpaired) electrons. The highest BCUT2D eigenvalue weighted by atomic mass is 79.9. The van der Waals surface area contributed by atoms with Crippen LogP contribution >= 0.6 is 15.9 Å². The van der Waals surface area contributed by atoms with Crippen LogP contribution in [0.1, 0.15) is 19.4 Å². The minimum Gasteiger partial charge on any atom is -0.487 e. The summed E-state index contributed by atoms with van der Waals surface area (Å²) >= 11 is 3.38. The molecule has 32 heavy (non-hydrogen) atoms. The fraction of sp³-hybridized carbons (Fsp3) is 0.455. The van der Waals surface area contributed by atoms with E-state index < -0.39 is 22.2 Å². The quantitative estimate of drug-likeness (QED) is 0.621. The number of ether oxygens (including phenoxy) is 1. The Hall–Kier alpha value is -2.01. The molecule has 0 spiro atoms. The Kier molecular flexibility index (Phi) is 7.92. The first-order valence-electron chi connectivity index (χ1n) is 10.3. The molecule has 1 aromatic heterocycles. The highest BCUT2D eigenvalue weighted by molar-refractivity contribution is 9.10. The van der Waals surface area contributed by atoms with Gasteiger partial charge in [-0.2, -0.15) is 4.31 Å². The number of aliphatic hydroxyl groups excluding tert-OH is 1. The molecule has 8 nitrogen and oxygen atoms in total. The van der Waals surface area contributed by atoms with Crippen LogP contribution in [0.3, 0.4) is 0 Å². The number of amides is 1. The highest BCUT2D eigenvalue weighted by Crippen LogP contribution is 2.35. The fourth-order valence-electron chi connectivity index (χ4n) is 3.60. The van der Waals surface area contributed by atoms with E-state index in [9.17, 15) is 18.3 Å². The van der Waals surface area contributed by atoms with Gasteiger partial charge >= 0.3 is 0 Å². The normalized spacial score (nSPS) is 21.5. The average molecular weight is 526 g/mol. The van der Waals surface area contributed by atoms with Crippen molar-refractivity contribution in [1.29, 1.82) is 0 Å². The molecule has 1 amide bonds. The van der Waals surface area contributed by atoms with Crippen molar-refractivity contribution in [3.05, 3.63) is 52.8 Å². The van der Waals surface area contributed by atoms with Crippen molar-refractivity contribution in [3.8, 4) is 5.75 Å². The SMILES string of the molecule is C[C@@H]1CN([C@@H](C)CO)S(=O)(=O)c2ccc(Br)cc2O[C@H]1CN(C)C(=O)Cc1cccnc1. The average Bonchev–Trinajstić information content (AvgIpc) is 2.76. The minimum atomic E-state index is -3.87. The second kappa shape index (κ2) is 10.3. The van der Waals surface area contributed by atoms with Crippen molar-refractivity contribution < 1.29 is 23.1 Å². The number of halogens is 1. The zero-order valence-electron chi connectivity index (χ0n) is 18.3. The predicted molar refractivity (Wildman–Crippen MR) is 124 cm³/mol. The molecule has 0 bridgehead atoms. The summed E-state index contributed by atoms with van der Waals surface area (Å²) in [5.41, 5.74) is 0.819. The van der Waals surface area contributed by atoms with Gasteiger partial charge in [-0.05, 0) is 36.8 Å². The Morgan fingerprint density at radius 1 is 1.41 bits per heavy atom. The standard InChI is InChI=1S/C22H28BrN3O5S/c1-15-12-26(16(2)14-27)32(29,30)21-7-6-18(23)10-19(21)31-20(15)13-25(3)22(28)9-17-5-4-8-24-11-17/h4-8,10-11,15-16,20,27H,9,12-14H2,1-3H3/t15-,16+,20+/m1/s1. The number of carbonyl (C=O) groups excluding carboxylic acids is 1. The molecule has 1 aliphatic rings. The molecule has 1 N–H and O–H groups in total. The number of aromatic nitrogens is 1. The maximum atomic E-state index is 13.3. The fourth-order valence-corrected chi connectivity index (χ4v) is 5.77. The number of aliphatic hydroxyl groups is 1. The lowest BCUT2D eigenvalue weighted by atomic mass is 10.0. The van der Waals surface area contributed by atoms with Crippen LogP contribution in [0.2, 0.25) is 0 Å². The summed E-state index contributed by atoms with van der Waals surface area (Å²) in [5.74, 6) is -0.0998. The Morgan fingerprint density at radius 3 is 2.81 bits per heavy atom. The maximum absolute atomic E-state index is 13.3. The Morgan fingerprint density at radius 2 is 2.16 bits per heavy atom. The summed E-state index contributed by atoms with van der Waals surface area (Å²) < 4.78 is 34.8. The predicted octanol–water partition coefficient (Wildman–Crippen LogP) is 2.31. The van der Waals surface area contributed by atoms with Gasteiger partial charge in [0.15, 0.2) is 0 Å². The molecule has 0 fully saturated rings. The number of fused-ring (bicyclic) bond motifs is 1. The molecule has 0 saturated heterocycles. The van der Waals surface area contributed by atoms with Crippen LogP contribution in [0.5, 0.6) is 5.75 Å². The zero-order valence-corrected chi connectivity index (χ0v) is 20.7. The third kappa shape index (κ3) is 5.48. The van der Waals surface area contributed by atoms with Crippen LogP contribution in [0.4, 0.5) is 0 Å². The van der Waals surface area contributed by atoms with Crippen LogP contribution in [0.25, 0.3) is 0 Å². The molecule has 3 atom stereocenters. The topological polar surface area (TPSA) is 100 Å². The number of carbonyl (C=O) groups is 1. The summed E-state index contributed by atoms with van der Waals surface area (Å²) in [7, 11) is -2.16. The second-order valence-corrected chi connectivity index (χ2v) is 10.9. The first-order valence-corrected chi connectivity index (χ1v) is 12.6. The van der Waals surface area contributed by atoms with Crippen molar-refractivity contribution in [3.63, 3.8) is 0 Å². The smallest absolute Gasteiger partial charge is 0.247 e. The lowest BCUT2D eigenvalue weighted by Gasteiger charge is -2.37. The van der Waals surface area contributed by atoms with E-state index in [1.165, 1.54) is 10.4 Å². The second-order valence-electron chi connectivity index (χ2n) is 8.14. The van der Waals surface area contributed by atoms with E-state index in [0.29, 0.717) is 4.47 Å². The van der Waals surface area contributed by atoms with E-state index in [-0.39, 0.29) is 48.6 Å².